The second-order valence-electron chi connectivity index (χ2n) is 7.03. The zero-order chi connectivity index (χ0) is 20.1. The van der Waals surface area contributed by atoms with E-state index in [-0.39, 0.29) is 23.6 Å². The van der Waals surface area contributed by atoms with Gasteiger partial charge in [-0.25, -0.2) is 4.79 Å². The summed E-state index contributed by atoms with van der Waals surface area (Å²) >= 11 is 0. The van der Waals surface area contributed by atoms with E-state index >= 15 is 0 Å². The molecule has 4 unspecified atom stereocenters. The number of hydrogen-bond donors (Lipinski definition) is 2. The summed E-state index contributed by atoms with van der Waals surface area (Å²) in [5.74, 6) is -0.412. The van der Waals surface area contributed by atoms with Crippen molar-refractivity contribution in [1.29, 1.82) is 0 Å². The number of rotatable bonds is 12. The minimum atomic E-state index is -0.597. The normalized spacial score (nSPS) is 25.8. The molecule has 1 aliphatic carbocycles. The molecule has 0 aromatic heterocycles. The SMILES string of the molecule is CCCCCC(=O)CCC1C(O)CC(O)C1C=CC=CC=CC(=O)OCC. The quantitative estimate of drug-likeness (QED) is 0.235. The third kappa shape index (κ3) is 9.16. The van der Waals surface area contributed by atoms with Crippen LogP contribution in [0.5, 0.6) is 0 Å². The Morgan fingerprint density at radius 1 is 1.00 bits per heavy atom. The summed E-state index contributed by atoms with van der Waals surface area (Å²) in [7, 11) is 0. The Morgan fingerprint density at radius 3 is 2.44 bits per heavy atom. The first-order valence-corrected chi connectivity index (χ1v) is 10.1. The topological polar surface area (TPSA) is 83.8 Å². The van der Waals surface area contributed by atoms with Crippen molar-refractivity contribution < 1.29 is 24.5 Å². The summed E-state index contributed by atoms with van der Waals surface area (Å²) in [6.07, 6.45) is 14.0. The van der Waals surface area contributed by atoms with E-state index in [1.807, 2.05) is 6.08 Å². The number of ether oxygens (including phenoxy) is 1. The second kappa shape index (κ2) is 13.4. The van der Waals surface area contributed by atoms with Crippen molar-refractivity contribution in [2.45, 2.75) is 71.0 Å². The first kappa shape index (κ1) is 23.3. The van der Waals surface area contributed by atoms with E-state index in [0.717, 1.165) is 19.3 Å². The van der Waals surface area contributed by atoms with Gasteiger partial charge in [-0.05, 0) is 25.7 Å². The summed E-state index contributed by atoms with van der Waals surface area (Å²) in [5, 5.41) is 20.4. The van der Waals surface area contributed by atoms with Gasteiger partial charge in [0.25, 0.3) is 0 Å². The van der Waals surface area contributed by atoms with Crippen LogP contribution < -0.4 is 0 Å². The van der Waals surface area contributed by atoms with E-state index in [2.05, 4.69) is 6.92 Å². The Labute approximate surface area is 162 Å². The predicted octanol–water partition coefficient (Wildman–Crippen LogP) is 3.51. The van der Waals surface area contributed by atoms with Gasteiger partial charge < -0.3 is 14.9 Å². The molecule has 1 saturated carbocycles. The van der Waals surface area contributed by atoms with E-state index in [1.54, 1.807) is 31.2 Å². The molecule has 152 valence electrons. The van der Waals surface area contributed by atoms with E-state index in [4.69, 9.17) is 4.74 Å². The monoisotopic (exact) mass is 378 g/mol. The third-order valence-electron chi connectivity index (χ3n) is 4.92. The smallest absolute Gasteiger partial charge is 0.330 e. The number of carbonyl (C=O) groups excluding carboxylic acids is 2. The maximum Gasteiger partial charge on any atom is 0.330 e. The van der Waals surface area contributed by atoms with Crippen LogP contribution in [0.1, 0.15) is 58.8 Å². The van der Waals surface area contributed by atoms with Gasteiger partial charge in [-0.1, -0.05) is 50.1 Å². The van der Waals surface area contributed by atoms with Gasteiger partial charge in [-0.3, -0.25) is 4.79 Å². The highest BCUT2D eigenvalue weighted by atomic mass is 16.5. The number of esters is 1. The summed E-state index contributed by atoms with van der Waals surface area (Å²) in [6, 6.07) is 0. The zero-order valence-electron chi connectivity index (χ0n) is 16.5. The summed E-state index contributed by atoms with van der Waals surface area (Å²) in [5.41, 5.74) is 0. The molecule has 27 heavy (non-hydrogen) atoms. The molecule has 0 heterocycles. The van der Waals surface area contributed by atoms with Crippen molar-refractivity contribution in [1.82, 2.24) is 0 Å². The number of unbranched alkanes of at least 4 members (excludes halogenated alkanes) is 2. The van der Waals surface area contributed by atoms with Gasteiger partial charge in [0.2, 0.25) is 0 Å². The number of Topliss-reactive ketones (excluding diaryl/α,β-unsaturated/α-hetero) is 1. The van der Waals surface area contributed by atoms with Crippen molar-refractivity contribution >= 4 is 11.8 Å². The molecule has 0 aliphatic heterocycles. The van der Waals surface area contributed by atoms with Crippen molar-refractivity contribution in [3.8, 4) is 0 Å². The highest BCUT2D eigenvalue weighted by Gasteiger charge is 2.39. The van der Waals surface area contributed by atoms with Gasteiger partial charge in [0.1, 0.15) is 5.78 Å². The van der Waals surface area contributed by atoms with Crippen molar-refractivity contribution in [2.24, 2.45) is 11.8 Å². The zero-order valence-corrected chi connectivity index (χ0v) is 16.5. The Bertz CT molecular complexity index is 535. The molecule has 1 aliphatic rings. The van der Waals surface area contributed by atoms with Crippen LogP contribution in [0.3, 0.4) is 0 Å². The maximum atomic E-state index is 12.0. The first-order chi connectivity index (χ1) is 13.0. The molecular formula is C22H34O5. The Kier molecular flexibility index (Phi) is 11.6. The fourth-order valence-electron chi connectivity index (χ4n) is 3.45. The number of allylic oxidation sites excluding steroid dienone is 4. The van der Waals surface area contributed by atoms with Gasteiger partial charge in [-0.15, -0.1) is 0 Å². The lowest BCUT2D eigenvalue weighted by Crippen LogP contribution is -2.21. The van der Waals surface area contributed by atoms with Crippen LogP contribution in [0.25, 0.3) is 0 Å². The fourth-order valence-corrected chi connectivity index (χ4v) is 3.45. The number of carbonyl (C=O) groups is 2. The molecule has 5 heteroatoms. The van der Waals surface area contributed by atoms with E-state index in [1.165, 1.54) is 6.08 Å². The minimum absolute atomic E-state index is 0.102. The van der Waals surface area contributed by atoms with Crippen molar-refractivity contribution in [3.05, 3.63) is 36.5 Å². The highest BCUT2D eigenvalue weighted by Crippen LogP contribution is 2.36. The lowest BCUT2D eigenvalue weighted by Gasteiger charge is -2.20. The van der Waals surface area contributed by atoms with Crippen LogP contribution in [0.2, 0.25) is 0 Å². The van der Waals surface area contributed by atoms with Crippen LogP contribution >= 0.6 is 0 Å². The largest absolute Gasteiger partial charge is 0.463 e. The third-order valence-corrected chi connectivity index (χ3v) is 4.92. The van der Waals surface area contributed by atoms with Crippen LogP contribution in [0.15, 0.2) is 36.5 Å². The summed E-state index contributed by atoms with van der Waals surface area (Å²) in [6.45, 7) is 4.21. The van der Waals surface area contributed by atoms with Crippen LogP contribution in [-0.2, 0) is 14.3 Å². The molecule has 1 fully saturated rings. The summed E-state index contributed by atoms with van der Waals surface area (Å²) in [4.78, 5) is 23.2. The number of aliphatic hydroxyl groups excluding tert-OH is 2. The molecule has 0 saturated heterocycles. The van der Waals surface area contributed by atoms with Crippen molar-refractivity contribution in [3.63, 3.8) is 0 Å². The first-order valence-electron chi connectivity index (χ1n) is 10.1. The Morgan fingerprint density at radius 2 is 1.74 bits per heavy atom. The maximum absolute atomic E-state index is 12.0. The molecule has 0 radical (unpaired) electrons. The molecule has 2 N–H and O–H groups in total. The van der Waals surface area contributed by atoms with Crippen LogP contribution in [0, 0.1) is 11.8 Å². The number of ketones is 1. The molecule has 4 atom stereocenters. The molecule has 1 rings (SSSR count). The lowest BCUT2D eigenvalue weighted by molar-refractivity contribution is -0.137. The molecule has 0 aromatic carbocycles. The standard InChI is InChI=1S/C22H34O5/c1-3-5-8-11-17(23)14-15-19-18(20(24)16-21(19)25)12-9-6-7-10-13-22(26)27-4-2/h6-7,9-10,12-13,18-21,24-25H,3-5,8,11,14-16H2,1-2H3. The molecular weight excluding hydrogens is 344 g/mol. The molecule has 5 nitrogen and oxygen atoms in total. The molecule has 0 aromatic rings. The lowest BCUT2D eigenvalue weighted by atomic mass is 9.88. The predicted molar refractivity (Wildman–Crippen MR) is 106 cm³/mol. The average Bonchev–Trinajstić information content (AvgIpc) is 2.89. The average molecular weight is 379 g/mol. The van der Waals surface area contributed by atoms with Gasteiger partial charge in [0.15, 0.2) is 0 Å². The molecule has 0 spiro atoms. The van der Waals surface area contributed by atoms with E-state index < -0.39 is 12.2 Å². The molecule has 0 bridgehead atoms. The second-order valence-corrected chi connectivity index (χ2v) is 7.03. The van der Waals surface area contributed by atoms with Gasteiger partial charge in [0.05, 0.1) is 18.8 Å². The van der Waals surface area contributed by atoms with Crippen LogP contribution in [0.4, 0.5) is 0 Å². The number of hydrogen-bond acceptors (Lipinski definition) is 5. The van der Waals surface area contributed by atoms with E-state index in [0.29, 0.717) is 32.3 Å². The van der Waals surface area contributed by atoms with Crippen LogP contribution in [-0.4, -0.2) is 40.8 Å². The fraction of sp³-hybridized carbons (Fsp3) is 0.636. The van der Waals surface area contributed by atoms with Crippen molar-refractivity contribution in [2.75, 3.05) is 6.61 Å². The van der Waals surface area contributed by atoms with Gasteiger partial charge in [0, 0.05) is 31.3 Å². The van der Waals surface area contributed by atoms with E-state index in [9.17, 15) is 19.8 Å². The number of aliphatic hydroxyl groups is 2. The van der Waals surface area contributed by atoms with Gasteiger partial charge >= 0.3 is 5.97 Å². The minimum Gasteiger partial charge on any atom is -0.463 e. The highest BCUT2D eigenvalue weighted by molar-refractivity contribution is 5.82. The Hall–Kier alpha value is -1.72. The summed E-state index contributed by atoms with van der Waals surface area (Å²) < 4.78 is 4.78. The Balaban J connectivity index is 2.50. The van der Waals surface area contributed by atoms with Gasteiger partial charge in [-0.2, -0.15) is 0 Å². The molecule has 0 amide bonds.